The van der Waals surface area contributed by atoms with Crippen molar-refractivity contribution in [2.75, 3.05) is 14.2 Å². The summed E-state index contributed by atoms with van der Waals surface area (Å²) in [5, 5.41) is 0. The molecule has 5 rings (SSSR count). The van der Waals surface area contributed by atoms with Crippen molar-refractivity contribution in [3.05, 3.63) is 55.5 Å². The van der Waals surface area contributed by atoms with E-state index in [4.69, 9.17) is 9.47 Å². The first-order chi connectivity index (χ1) is 13.0. The van der Waals surface area contributed by atoms with Crippen molar-refractivity contribution >= 4 is 31.9 Å². The molecule has 2 aromatic rings. The van der Waals surface area contributed by atoms with Crippen LogP contribution in [0.15, 0.2) is 33.2 Å². The molecule has 27 heavy (non-hydrogen) atoms. The maximum Gasteiger partial charge on any atom is 0.123 e. The SMILES string of the molecule is COc1ccc(Br)c2c1C13c4c(OC)ccc(Br)c4C[C@@H]1CC(C)C[C@H]3C2. The molecule has 3 aliphatic carbocycles. The number of methoxy groups -OCH3 is 2. The molecule has 2 atom stereocenters. The molecule has 1 fully saturated rings. The van der Waals surface area contributed by atoms with E-state index < -0.39 is 0 Å². The highest BCUT2D eigenvalue weighted by Crippen LogP contribution is 2.68. The zero-order valence-electron chi connectivity index (χ0n) is 15.9. The first-order valence-corrected chi connectivity index (χ1v) is 11.3. The van der Waals surface area contributed by atoms with Crippen molar-refractivity contribution in [3.63, 3.8) is 0 Å². The summed E-state index contributed by atoms with van der Waals surface area (Å²) in [5.74, 6) is 4.01. The van der Waals surface area contributed by atoms with Gasteiger partial charge in [-0.05, 0) is 78.8 Å². The minimum Gasteiger partial charge on any atom is -0.496 e. The van der Waals surface area contributed by atoms with Crippen LogP contribution in [-0.2, 0) is 18.3 Å². The second-order valence-corrected chi connectivity index (χ2v) is 10.2. The Balaban J connectivity index is 1.90. The van der Waals surface area contributed by atoms with Gasteiger partial charge in [0.15, 0.2) is 0 Å². The standard InChI is InChI=1S/C23H24Br2O2/c1-12-8-13-10-15-17(24)4-6-19(26-2)21(15)23(13)14(9-12)11-16-18(25)5-7-20(27-3)22(16)23/h4-7,12-14H,8-11H2,1-3H3/t13-,14-,23?/m0/s1. The summed E-state index contributed by atoms with van der Waals surface area (Å²) >= 11 is 7.69. The van der Waals surface area contributed by atoms with Gasteiger partial charge in [0.2, 0.25) is 0 Å². The Kier molecular flexibility index (Phi) is 4.18. The fourth-order valence-corrected chi connectivity index (χ4v) is 7.53. The zero-order valence-corrected chi connectivity index (χ0v) is 19.1. The fourth-order valence-electron chi connectivity index (χ4n) is 6.54. The second-order valence-electron chi connectivity index (χ2n) is 8.45. The molecule has 1 spiro atoms. The molecule has 0 unspecified atom stereocenters. The van der Waals surface area contributed by atoms with Gasteiger partial charge in [-0.3, -0.25) is 0 Å². The Bertz CT molecular complexity index is 861. The molecule has 142 valence electrons. The van der Waals surface area contributed by atoms with Crippen molar-refractivity contribution in [2.45, 2.75) is 38.0 Å². The minimum absolute atomic E-state index is 0.00141. The van der Waals surface area contributed by atoms with Gasteiger partial charge < -0.3 is 9.47 Å². The van der Waals surface area contributed by atoms with Gasteiger partial charge in [0, 0.05) is 25.5 Å². The van der Waals surface area contributed by atoms with Crippen molar-refractivity contribution in [3.8, 4) is 11.5 Å². The third kappa shape index (κ3) is 2.23. The summed E-state index contributed by atoms with van der Waals surface area (Å²) in [6, 6.07) is 8.57. The Labute approximate surface area is 177 Å². The van der Waals surface area contributed by atoms with E-state index in [1.54, 1.807) is 0 Å². The molecular formula is C23H24Br2O2. The molecule has 4 heteroatoms. The van der Waals surface area contributed by atoms with Crippen molar-refractivity contribution in [2.24, 2.45) is 17.8 Å². The van der Waals surface area contributed by atoms with Crippen LogP contribution < -0.4 is 9.47 Å². The lowest BCUT2D eigenvalue weighted by molar-refractivity contribution is 0.129. The van der Waals surface area contributed by atoms with Crippen LogP contribution >= 0.6 is 31.9 Å². The Morgan fingerprint density at radius 3 is 1.67 bits per heavy atom. The summed E-state index contributed by atoms with van der Waals surface area (Å²) in [4.78, 5) is 0. The van der Waals surface area contributed by atoms with Crippen LogP contribution in [0.4, 0.5) is 0 Å². The van der Waals surface area contributed by atoms with Crippen LogP contribution in [0.5, 0.6) is 11.5 Å². The van der Waals surface area contributed by atoms with Crippen molar-refractivity contribution in [1.29, 1.82) is 0 Å². The smallest absolute Gasteiger partial charge is 0.123 e. The average molecular weight is 492 g/mol. The highest BCUT2D eigenvalue weighted by molar-refractivity contribution is 9.10. The molecule has 0 saturated heterocycles. The van der Waals surface area contributed by atoms with Crippen LogP contribution in [0.1, 0.15) is 42.0 Å². The van der Waals surface area contributed by atoms with Gasteiger partial charge in [-0.1, -0.05) is 38.8 Å². The molecule has 0 radical (unpaired) electrons. The number of benzene rings is 2. The molecule has 0 N–H and O–H groups in total. The van der Waals surface area contributed by atoms with Crippen LogP contribution in [0.3, 0.4) is 0 Å². The molecule has 0 bridgehead atoms. The lowest BCUT2D eigenvalue weighted by Crippen LogP contribution is -2.43. The number of halogens is 2. The lowest BCUT2D eigenvalue weighted by atomic mass is 9.57. The van der Waals surface area contributed by atoms with Crippen LogP contribution in [-0.4, -0.2) is 14.2 Å². The van der Waals surface area contributed by atoms with E-state index in [1.807, 2.05) is 14.2 Å². The van der Waals surface area contributed by atoms with Crippen molar-refractivity contribution in [1.82, 2.24) is 0 Å². The van der Waals surface area contributed by atoms with Gasteiger partial charge in [0.25, 0.3) is 0 Å². The van der Waals surface area contributed by atoms with Gasteiger partial charge in [-0.2, -0.15) is 0 Å². The summed E-state index contributed by atoms with van der Waals surface area (Å²) in [6.07, 6.45) is 4.75. The van der Waals surface area contributed by atoms with E-state index in [-0.39, 0.29) is 5.41 Å². The van der Waals surface area contributed by atoms with Crippen LogP contribution in [0, 0.1) is 17.8 Å². The normalized spacial score (nSPS) is 30.3. The second kappa shape index (κ2) is 6.25. The Morgan fingerprint density at radius 1 is 0.815 bits per heavy atom. The maximum absolute atomic E-state index is 5.94. The predicted molar refractivity (Wildman–Crippen MR) is 115 cm³/mol. The predicted octanol–water partition coefficient (Wildman–Crippen LogP) is 6.29. The maximum atomic E-state index is 5.94. The van der Waals surface area contributed by atoms with Gasteiger partial charge in [0.1, 0.15) is 11.5 Å². The minimum atomic E-state index is 0.00141. The first kappa shape index (κ1) is 18.1. The molecule has 0 heterocycles. The van der Waals surface area contributed by atoms with E-state index in [0.717, 1.165) is 30.3 Å². The molecule has 1 saturated carbocycles. The number of hydrogen-bond acceptors (Lipinski definition) is 2. The molecular weight excluding hydrogens is 468 g/mol. The molecule has 3 aliphatic rings. The Morgan fingerprint density at radius 2 is 1.26 bits per heavy atom. The third-order valence-corrected chi connectivity index (χ3v) is 8.75. The fraction of sp³-hybridized carbons (Fsp3) is 0.478. The van der Waals surface area contributed by atoms with E-state index in [1.165, 1.54) is 44.0 Å². The summed E-state index contributed by atoms with van der Waals surface area (Å²) in [6.45, 7) is 2.43. The zero-order chi connectivity index (χ0) is 18.9. The highest BCUT2D eigenvalue weighted by atomic mass is 79.9. The van der Waals surface area contributed by atoms with E-state index in [2.05, 4.69) is 63.0 Å². The average Bonchev–Trinajstić information content (AvgIpc) is 3.17. The van der Waals surface area contributed by atoms with E-state index in [0.29, 0.717) is 11.8 Å². The quantitative estimate of drug-likeness (QED) is 0.491. The van der Waals surface area contributed by atoms with Gasteiger partial charge in [-0.25, -0.2) is 0 Å². The first-order valence-electron chi connectivity index (χ1n) is 9.74. The number of fused-ring (bicyclic) bond motifs is 2. The van der Waals surface area contributed by atoms with Crippen LogP contribution in [0.25, 0.3) is 0 Å². The molecule has 2 aromatic carbocycles. The molecule has 0 aromatic heterocycles. The van der Waals surface area contributed by atoms with Gasteiger partial charge in [-0.15, -0.1) is 0 Å². The number of rotatable bonds is 2. The monoisotopic (exact) mass is 490 g/mol. The highest BCUT2D eigenvalue weighted by Gasteiger charge is 2.62. The topological polar surface area (TPSA) is 18.5 Å². The van der Waals surface area contributed by atoms with Gasteiger partial charge in [0.05, 0.1) is 14.2 Å². The number of hydrogen-bond donors (Lipinski definition) is 0. The number of ether oxygens (including phenoxy) is 2. The molecule has 2 nitrogen and oxygen atoms in total. The molecule has 0 aliphatic heterocycles. The molecule has 0 amide bonds. The largest absolute Gasteiger partial charge is 0.496 e. The third-order valence-electron chi connectivity index (χ3n) is 7.26. The van der Waals surface area contributed by atoms with E-state index in [9.17, 15) is 0 Å². The lowest BCUT2D eigenvalue weighted by Gasteiger charge is -2.46. The Hall–Kier alpha value is -1.00. The van der Waals surface area contributed by atoms with Crippen LogP contribution in [0.2, 0.25) is 0 Å². The van der Waals surface area contributed by atoms with Crippen molar-refractivity contribution < 1.29 is 9.47 Å². The summed E-state index contributed by atoms with van der Waals surface area (Å²) < 4.78 is 14.3. The van der Waals surface area contributed by atoms with Gasteiger partial charge >= 0.3 is 0 Å². The van der Waals surface area contributed by atoms with E-state index >= 15 is 0 Å². The summed E-state index contributed by atoms with van der Waals surface area (Å²) in [7, 11) is 3.61. The summed E-state index contributed by atoms with van der Waals surface area (Å²) in [5.41, 5.74) is 5.70.